The second-order valence-corrected chi connectivity index (χ2v) is 5.54. The molecule has 0 aromatic carbocycles. The van der Waals surface area contributed by atoms with Gasteiger partial charge in [0, 0.05) is 13.0 Å². The topological polar surface area (TPSA) is 78.4 Å². The number of aryl methyl sites for hydroxylation is 1. The summed E-state index contributed by atoms with van der Waals surface area (Å²) in [5.41, 5.74) is 0.918. The Morgan fingerprint density at radius 2 is 2.19 bits per heavy atom. The number of aliphatic hydroxyl groups is 1. The van der Waals surface area contributed by atoms with Crippen molar-refractivity contribution < 1.29 is 14.7 Å². The Hall–Kier alpha value is -1.84. The van der Waals surface area contributed by atoms with Gasteiger partial charge in [-0.05, 0) is 32.4 Å². The molecule has 1 aromatic rings. The molecule has 3 N–H and O–H groups in total. The van der Waals surface area contributed by atoms with Gasteiger partial charge in [-0.15, -0.1) is 11.3 Å². The van der Waals surface area contributed by atoms with Crippen molar-refractivity contribution in [3.05, 3.63) is 21.4 Å². The van der Waals surface area contributed by atoms with Gasteiger partial charge in [0.1, 0.15) is 6.04 Å². The Kier molecular flexibility index (Phi) is 6.92. The molecular formula is C15H20N2O3S. The van der Waals surface area contributed by atoms with E-state index in [-0.39, 0.29) is 18.4 Å². The van der Waals surface area contributed by atoms with Crippen molar-refractivity contribution in [2.24, 2.45) is 0 Å². The maximum Gasteiger partial charge on any atom is 0.262 e. The van der Waals surface area contributed by atoms with Crippen molar-refractivity contribution in [3.8, 4) is 11.8 Å². The first-order valence-electron chi connectivity index (χ1n) is 6.78. The van der Waals surface area contributed by atoms with E-state index in [2.05, 4.69) is 22.5 Å². The average Bonchev–Trinajstić information content (AvgIpc) is 2.81. The van der Waals surface area contributed by atoms with Gasteiger partial charge in [0.05, 0.1) is 16.4 Å². The summed E-state index contributed by atoms with van der Waals surface area (Å²) in [6.07, 6.45) is 0.410. The predicted molar refractivity (Wildman–Crippen MR) is 83.2 cm³/mol. The SMILES string of the molecule is CCNC(=O)C(C)NC(=O)c1cc(C)c(C#CCCO)s1. The van der Waals surface area contributed by atoms with E-state index in [0.717, 1.165) is 10.4 Å². The zero-order valence-electron chi connectivity index (χ0n) is 12.4. The highest BCUT2D eigenvalue weighted by Crippen LogP contribution is 2.21. The Morgan fingerprint density at radius 1 is 1.48 bits per heavy atom. The summed E-state index contributed by atoms with van der Waals surface area (Å²) >= 11 is 1.29. The molecule has 1 rings (SSSR count). The van der Waals surface area contributed by atoms with Gasteiger partial charge in [-0.1, -0.05) is 11.8 Å². The lowest BCUT2D eigenvalue weighted by molar-refractivity contribution is -0.122. The molecule has 1 heterocycles. The fraction of sp³-hybridized carbons (Fsp3) is 0.467. The molecule has 1 atom stereocenters. The standard InChI is InChI=1S/C15H20N2O3S/c1-4-16-14(19)11(3)17-15(20)13-9-10(2)12(21-13)7-5-6-8-18/h9,11,18H,4,6,8H2,1-3H3,(H,16,19)(H,17,20). The Balaban J connectivity index is 2.74. The van der Waals surface area contributed by atoms with Crippen LogP contribution in [0.4, 0.5) is 0 Å². The third kappa shape index (κ3) is 5.21. The molecule has 0 saturated carbocycles. The van der Waals surface area contributed by atoms with Crippen LogP contribution in [0, 0.1) is 18.8 Å². The Labute approximate surface area is 128 Å². The minimum absolute atomic E-state index is 0.0226. The lowest BCUT2D eigenvalue weighted by Crippen LogP contribution is -2.44. The van der Waals surface area contributed by atoms with E-state index in [1.54, 1.807) is 13.0 Å². The molecule has 0 radical (unpaired) electrons. The van der Waals surface area contributed by atoms with Gasteiger partial charge in [-0.2, -0.15) is 0 Å². The van der Waals surface area contributed by atoms with E-state index >= 15 is 0 Å². The van der Waals surface area contributed by atoms with Crippen LogP contribution in [-0.4, -0.2) is 36.1 Å². The van der Waals surface area contributed by atoms with Crippen LogP contribution in [-0.2, 0) is 4.79 Å². The molecule has 1 unspecified atom stereocenters. The summed E-state index contributed by atoms with van der Waals surface area (Å²) in [7, 11) is 0. The zero-order valence-corrected chi connectivity index (χ0v) is 13.3. The molecule has 0 bridgehead atoms. The number of amides is 2. The van der Waals surface area contributed by atoms with Crippen LogP contribution in [0.15, 0.2) is 6.07 Å². The van der Waals surface area contributed by atoms with Gasteiger partial charge in [-0.3, -0.25) is 9.59 Å². The van der Waals surface area contributed by atoms with Crippen LogP contribution in [0.25, 0.3) is 0 Å². The van der Waals surface area contributed by atoms with Gasteiger partial charge in [-0.25, -0.2) is 0 Å². The molecule has 2 amide bonds. The number of hydrogen-bond donors (Lipinski definition) is 3. The summed E-state index contributed by atoms with van der Waals surface area (Å²) in [5, 5.41) is 14.0. The maximum absolute atomic E-state index is 12.1. The fourth-order valence-corrected chi connectivity index (χ4v) is 2.53. The molecule has 114 valence electrons. The molecule has 0 aliphatic carbocycles. The summed E-state index contributed by atoms with van der Waals surface area (Å²) in [4.78, 5) is 25.0. The first-order valence-corrected chi connectivity index (χ1v) is 7.60. The first-order chi connectivity index (χ1) is 9.99. The maximum atomic E-state index is 12.1. The minimum Gasteiger partial charge on any atom is -0.395 e. The molecule has 0 saturated heterocycles. The van der Waals surface area contributed by atoms with Crippen LogP contribution >= 0.6 is 11.3 Å². The molecule has 0 spiro atoms. The molecule has 21 heavy (non-hydrogen) atoms. The first kappa shape index (κ1) is 17.2. The lowest BCUT2D eigenvalue weighted by Gasteiger charge is -2.12. The van der Waals surface area contributed by atoms with Gasteiger partial charge < -0.3 is 15.7 Å². The number of rotatable bonds is 5. The van der Waals surface area contributed by atoms with Crippen LogP contribution in [0.3, 0.4) is 0 Å². The van der Waals surface area contributed by atoms with Gasteiger partial charge in [0.25, 0.3) is 5.91 Å². The highest BCUT2D eigenvalue weighted by Gasteiger charge is 2.17. The van der Waals surface area contributed by atoms with Crippen molar-refractivity contribution in [2.75, 3.05) is 13.2 Å². The number of nitrogens with one attached hydrogen (secondary N) is 2. The minimum atomic E-state index is -0.580. The monoisotopic (exact) mass is 308 g/mol. The zero-order chi connectivity index (χ0) is 15.8. The third-order valence-electron chi connectivity index (χ3n) is 2.67. The predicted octanol–water partition coefficient (Wildman–Crippen LogP) is 1.04. The highest BCUT2D eigenvalue weighted by molar-refractivity contribution is 7.14. The van der Waals surface area contributed by atoms with Crippen molar-refractivity contribution in [1.82, 2.24) is 10.6 Å². The van der Waals surface area contributed by atoms with Gasteiger partial charge in [0.2, 0.25) is 5.91 Å². The molecule has 0 aliphatic heterocycles. The normalized spacial score (nSPS) is 11.2. The van der Waals surface area contributed by atoms with E-state index in [9.17, 15) is 9.59 Å². The van der Waals surface area contributed by atoms with Crippen LogP contribution in [0.2, 0.25) is 0 Å². The highest BCUT2D eigenvalue weighted by atomic mass is 32.1. The largest absolute Gasteiger partial charge is 0.395 e. The molecule has 6 heteroatoms. The van der Waals surface area contributed by atoms with E-state index in [1.807, 2.05) is 13.8 Å². The second-order valence-electron chi connectivity index (χ2n) is 4.49. The average molecular weight is 308 g/mol. The number of thiophene rings is 1. The number of aliphatic hydroxyl groups excluding tert-OH is 1. The summed E-state index contributed by atoms with van der Waals surface area (Å²) in [6.45, 7) is 5.90. The van der Waals surface area contributed by atoms with E-state index in [4.69, 9.17) is 5.11 Å². The summed E-state index contributed by atoms with van der Waals surface area (Å²) < 4.78 is 0. The van der Waals surface area contributed by atoms with E-state index in [1.165, 1.54) is 11.3 Å². The van der Waals surface area contributed by atoms with Gasteiger partial charge in [0.15, 0.2) is 0 Å². The number of carbonyl (C=O) groups is 2. The van der Waals surface area contributed by atoms with Crippen molar-refractivity contribution in [1.29, 1.82) is 0 Å². The molecule has 0 fully saturated rings. The van der Waals surface area contributed by atoms with E-state index < -0.39 is 6.04 Å². The number of likely N-dealkylation sites (N-methyl/N-ethyl adjacent to an activating group) is 1. The number of hydrogen-bond acceptors (Lipinski definition) is 4. The van der Waals surface area contributed by atoms with E-state index in [0.29, 0.717) is 17.8 Å². The van der Waals surface area contributed by atoms with Crippen molar-refractivity contribution in [2.45, 2.75) is 33.2 Å². The Bertz CT molecular complexity index is 569. The van der Waals surface area contributed by atoms with Crippen LogP contribution < -0.4 is 10.6 Å². The van der Waals surface area contributed by atoms with Gasteiger partial charge >= 0.3 is 0 Å². The lowest BCUT2D eigenvalue weighted by atomic mass is 10.2. The third-order valence-corrected chi connectivity index (χ3v) is 3.82. The Morgan fingerprint density at radius 3 is 2.81 bits per heavy atom. The molecule has 0 aliphatic rings. The summed E-state index contributed by atoms with van der Waals surface area (Å²) in [6, 6.07) is 1.18. The quantitative estimate of drug-likeness (QED) is 0.711. The molecule has 5 nitrogen and oxygen atoms in total. The molecule has 1 aromatic heterocycles. The van der Waals surface area contributed by atoms with Crippen molar-refractivity contribution in [3.63, 3.8) is 0 Å². The smallest absolute Gasteiger partial charge is 0.262 e. The van der Waals surface area contributed by atoms with Crippen molar-refractivity contribution >= 4 is 23.2 Å². The number of carbonyl (C=O) groups excluding carboxylic acids is 2. The molecular weight excluding hydrogens is 288 g/mol. The van der Waals surface area contributed by atoms with Crippen LogP contribution in [0.1, 0.15) is 40.4 Å². The fourth-order valence-electron chi connectivity index (χ4n) is 1.58. The summed E-state index contributed by atoms with van der Waals surface area (Å²) in [5.74, 6) is 5.28. The van der Waals surface area contributed by atoms with Crippen LogP contribution in [0.5, 0.6) is 0 Å². The second kappa shape index (κ2) is 8.45.